The van der Waals surface area contributed by atoms with Crippen LogP contribution in [0.4, 0.5) is 0 Å². The van der Waals surface area contributed by atoms with Crippen LogP contribution in [0.2, 0.25) is 0 Å². The van der Waals surface area contributed by atoms with E-state index in [2.05, 4.69) is 6.92 Å². The monoisotopic (exact) mass is 454 g/mol. The number of hydrogen-bond donors (Lipinski definition) is 0. The van der Waals surface area contributed by atoms with Crippen molar-refractivity contribution in [1.29, 1.82) is 0 Å². The predicted octanol–water partition coefficient (Wildman–Crippen LogP) is 7.01. The minimum absolute atomic E-state index is 0.215. The molecule has 2 unspecified atom stereocenters. The lowest BCUT2D eigenvalue weighted by Crippen LogP contribution is -2.35. The van der Waals surface area contributed by atoms with Crippen LogP contribution in [0.25, 0.3) is 0 Å². The fourth-order valence-corrected chi connectivity index (χ4v) is 4.60. The van der Waals surface area contributed by atoms with Crippen molar-refractivity contribution in [2.45, 2.75) is 122 Å². The maximum absolute atomic E-state index is 12.5. The van der Waals surface area contributed by atoms with E-state index in [0.717, 1.165) is 32.1 Å². The van der Waals surface area contributed by atoms with Gasteiger partial charge in [-0.05, 0) is 19.3 Å². The first-order valence-electron chi connectivity index (χ1n) is 13.5. The molecule has 1 aliphatic rings. The van der Waals surface area contributed by atoms with Crippen molar-refractivity contribution in [3.63, 3.8) is 0 Å². The van der Waals surface area contributed by atoms with Crippen molar-refractivity contribution in [2.24, 2.45) is 11.8 Å². The lowest BCUT2D eigenvalue weighted by Gasteiger charge is -2.28. The van der Waals surface area contributed by atoms with Crippen LogP contribution < -0.4 is 0 Å². The predicted molar refractivity (Wildman–Crippen MR) is 130 cm³/mol. The zero-order valence-electron chi connectivity index (χ0n) is 21.0. The smallest absolute Gasteiger partial charge is 0.309 e. The Morgan fingerprint density at radius 1 is 0.594 bits per heavy atom. The largest absolute Gasteiger partial charge is 0.465 e. The zero-order chi connectivity index (χ0) is 23.3. The molecule has 0 aromatic rings. The van der Waals surface area contributed by atoms with E-state index in [-0.39, 0.29) is 30.4 Å². The van der Waals surface area contributed by atoms with Crippen LogP contribution in [0.3, 0.4) is 0 Å². The molecule has 0 radical (unpaired) electrons. The standard InChI is InChI=1S/C27H50O5/c1-3-4-5-6-7-8-9-10-11-12-13-14-15-18-21-31-26(28)24-19-16-17-20-25(24)27(29)32-23-22-30-2/h24-25H,3-23H2,1-2H3. The highest BCUT2D eigenvalue weighted by molar-refractivity contribution is 5.82. The number of unbranched alkanes of at least 4 members (excludes halogenated alkanes) is 13. The van der Waals surface area contributed by atoms with E-state index in [4.69, 9.17) is 14.2 Å². The summed E-state index contributed by atoms with van der Waals surface area (Å²) >= 11 is 0. The topological polar surface area (TPSA) is 61.8 Å². The molecular formula is C27H50O5. The number of ether oxygens (including phenoxy) is 3. The summed E-state index contributed by atoms with van der Waals surface area (Å²) in [4.78, 5) is 24.8. The first-order valence-corrected chi connectivity index (χ1v) is 13.5. The van der Waals surface area contributed by atoms with Crippen LogP contribution in [0.15, 0.2) is 0 Å². The molecule has 1 fully saturated rings. The number of hydrogen-bond acceptors (Lipinski definition) is 5. The summed E-state index contributed by atoms with van der Waals surface area (Å²) in [5.74, 6) is -1.19. The Morgan fingerprint density at radius 2 is 1.00 bits per heavy atom. The molecule has 0 aromatic carbocycles. The molecule has 0 aliphatic heterocycles. The third kappa shape index (κ3) is 14.1. The van der Waals surface area contributed by atoms with E-state index >= 15 is 0 Å². The molecule has 1 rings (SSSR count). The van der Waals surface area contributed by atoms with Gasteiger partial charge in [0.25, 0.3) is 0 Å². The van der Waals surface area contributed by atoms with Crippen molar-refractivity contribution >= 4 is 11.9 Å². The van der Waals surface area contributed by atoms with Gasteiger partial charge in [0.05, 0.1) is 25.0 Å². The van der Waals surface area contributed by atoms with Crippen LogP contribution in [0, 0.1) is 11.8 Å². The third-order valence-electron chi connectivity index (χ3n) is 6.65. The van der Waals surface area contributed by atoms with Crippen LogP contribution in [-0.2, 0) is 23.8 Å². The molecule has 0 bridgehead atoms. The molecule has 0 aromatic heterocycles. The minimum atomic E-state index is -0.357. The van der Waals surface area contributed by atoms with Gasteiger partial charge in [-0.25, -0.2) is 0 Å². The van der Waals surface area contributed by atoms with Crippen molar-refractivity contribution in [1.82, 2.24) is 0 Å². The second-order valence-electron chi connectivity index (χ2n) is 9.42. The number of rotatable bonds is 20. The Morgan fingerprint density at radius 3 is 1.44 bits per heavy atom. The Hall–Kier alpha value is -1.10. The van der Waals surface area contributed by atoms with E-state index in [1.807, 2.05) is 0 Å². The fourth-order valence-electron chi connectivity index (χ4n) is 4.60. The van der Waals surface area contributed by atoms with Gasteiger partial charge in [-0.3, -0.25) is 9.59 Å². The van der Waals surface area contributed by atoms with Crippen LogP contribution in [0.5, 0.6) is 0 Å². The first-order chi connectivity index (χ1) is 15.7. The lowest BCUT2D eigenvalue weighted by molar-refractivity contribution is -0.163. The van der Waals surface area contributed by atoms with Gasteiger partial charge < -0.3 is 14.2 Å². The Balaban J connectivity index is 2.00. The average molecular weight is 455 g/mol. The van der Waals surface area contributed by atoms with Gasteiger partial charge in [-0.2, -0.15) is 0 Å². The lowest BCUT2D eigenvalue weighted by atomic mass is 9.79. The molecule has 32 heavy (non-hydrogen) atoms. The molecular weight excluding hydrogens is 404 g/mol. The molecule has 1 aliphatic carbocycles. The zero-order valence-corrected chi connectivity index (χ0v) is 21.0. The van der Waals surface area contributed by atoms with Gasteiger partial charge in [0.2, 0.25) is 0 Å². The van der Waals surface area contributed by atoms with Crippen molar-refractivity contribution in [3.8, 4) is 0 Å². The molecule has 0 amide bonds. The normalized spacial score (nSPS) is 18.4. The molecule has 2 atom stereocenters. The summed E-state index contributed by atoms with van der Waals surface area (Å²) < 4.78 is 15.7. The number of esters is 2. The number of methoxy groups -OCH3 is 1. The second kappa shape index (κ2) is 20.5. The van der Waals surface area contributed by atoms with Crippen LogP contribution in [0.1, 0.15) is 122 Å². The van der Waals surface area contributed by atoms with Crippen molar-refractivity contribution < 1.29 is 23.8 Å². The van der Waals surface area contributed by atoms with Crippen LogP contribution >= 0.6 is 0 Å². The maximum Gasteiger partial charge on any atom is 0.309 e. The molecule has 5 nitrogen and oxygen atoms in total. The van der Waals surface area contributed by atoms with E-state index in [1.165, 1.54) is 77.0 Å². The van der Waals surface area contributed by atoms with Crippen molar-refractivity contribution in [2.75, 3.05) is 26.9 Å². The van der Waals surface area contributed by atoms with Gasteiger partial charge in [-0.1, -0.05) is 103 Å². The van der Waals surface area contributed by atoms with Gasteiger partial charge in [0, 0.05) is 7.11 Å². The molecule has 0 N–H and O–H groups in total. The fraction of sp³-hybridized carbons (Fsp3) is 0.926. The quantitative estimate of drug-likeness (QED) is 0.146. The Labute approximate surface area is 197 Å². The number of carbonyl (C=O) groups excluding carboxylic acids is 2. The summed E-state index contributed by atoms with van der Waals surface area (Å²) in [5, 5.41) is 0. The van der Waals surface area contributed by atoms with E-state index in [0.29, 0.717) is 19.6 Å². The van der Waals surface area contributed by atoms with E-state index < -0.39 is 0 Å². The number of carbonyl (C=O) groups is 2. The van der Waals surface area contributed by atoms with Gasteiger partial charge in [0.15, 0.2) is 0 Å². The van der Waals surface area contributed by atoms with Gasteiger partial charge in [0.1, 0.15) is 6.61 Å². The van der Waals surface area contributed by atoms with E-state index in [9.17, 15) is 9.59 Å². The third-order valence-corrected chi connectivity index (χ3v) is 6.65. The Bertz CT molecular complexity index is 465. The molecule has 0 saturated heterocycles. The average Bonchev–Trinajstić information content (AvgIpc) is 2.81. The molecule has 0 spiro atoms. The summed E-state index contributed by atoms with van der Waals surface area (Å²) in [6.45, 7) is 3.36. The SMILES string of the molecule is CCCCCCCCCCCCCCCCOC(=O)C1CCCCC1C(=O)OCCOC. The molecule has 1 saturated carbocycles. The van der Waals surface area contributed by atoms with Gasteiger partial charge >= 0.3 is 11.9 Å². The highest BCUT2D eigenvalue weighted by Gasteiger charge is 2.37. The van der Waals surface area contributed by atoms with E-state index in [1.54, 1.807) is 7.11 Å². The first kappa shape index (κ1) is 28.9. The van der Waals surface area contributed by atoms with Crippen molar-refractivity contribution in [3.05, 3.63) is 0 Å². The molecule has 0 heterocycles. The highest BCUT2D eigenvalue weighted by Crippen LogP contribution is 2.32. The minimum Gasteiger partial charge on any atom is -0.465 e. The molecule has 188 valence electrons. The maximum atomic E-state index is 12.5. The Kier molecular flexibility index (Phi) is 18.5. The summed E-state index contributed by atoms with van der Waals surface area (Å²) in [7, 11) is 1.58. The van der Waals surface area contributed by atoms with Gasteiger partial charge in [-0.15, -0.1) is 0 Å². The summed E-state index contributed by atoms with van der Waals surface area (Å²) in [5.41, 5.74) is 0. The molecule has 5 heteroatoms. The van der Waals surface area contributed by atoms with Crippen LogP contribution in [-0.4, -0.2) is 38.9 Å². The second-order valence-corrected chi connectivity index (χ2v) is 9.42. The highest BCUT2D eigenvalue weighted by atomic mass is 16.6. The summed E-state index contributed by atoms with van der Waals surface area (Å²) in [6, 6.07) is 0. The summed E-state index contributed by atoms with van der Waals surface area (Å²) in [6.07, 6.45) is 21.7.